The highest BCUT2D eigenvalue weighted by Gasteiger charge is 2.52. The Balaban J connectivity index is 2.39. The molecule has 0 spiro atoms. The molecule has 0 aliphatic carbocycles. The van der Waals surface area contributed by atoms with Gasteiger partial charge in [0.2, 0.25) is 5.96 Å². The third-order valence-electron chi connectivity index (χ3n) is 3.95. The maximum absolute atomic E-state index is 14.1. The number of rotatable bonds is 3. The first-order chi connectivity index (χ1) is 10.1. The van der Waals surface area contributed by atoms with Gasteiger partial charge in [-0.25, -0.2) is 4.39 Å². The predicted molar refractivity (Wildman–Crippen MR) is 85.5 cm³/mol. The fourth-order valence-electron chi connectivity index (χ4n) is 2.02. The molecule has 4 N–H and O–H groups in total. The summed E-state index contributed by atoms with van der Waals surface area (Å²) in [6.07, 6.45) is 1.25. The van der Waals surface area contributed by atoms with Crippen LogP contribution in [-0.2, 0) is 9.31 Å². The van der Waals surface area contributed by atoms with E-state index >= 15 is 0 Å². The van der Waals surface area contributed by atoms with Crippen molar-refractivity contribution >= 4 is 24.8 Å². The number of hydrogen-bond acceptors (Lipinski definition) is 4. The lowest BCUT2D eigenvalue weighted by Gasteiger charge is -2.32. The largest absolute Gasteiger partial charge is 0.495 e. The lowest BCUT2D eigenvalue weighted by Crippen LogP contribution is -2.41. The van der Waals surface area contributed by atoms with Crippen LogP contribution in [-0.4, -0.2) is 30.5 Å². The van der Waals surface area contributed by atoms with Crippen LogP contribution in [0.1, 0.15) is 33.3 Å². The summed E-state index contributed by atoms with van der Waals surface area (Å²) in [6, 6.07) is 4.64. The summed E-state index contributed by atoms with van der Waals surface area (Å²) < 4.78 is 26.0. The smallest absolute Gasteiger partial charge is 0.399 e. The Labute approximate surface area is 129 Å². The molecule has 6 nitrogen and oxygen atoms in total. The van der Waals surface area contributed by atoms with Gasteiger partial charge in [-0.2, -0.15) is 5.10 Å². The topological polar surface area (TPSA) is 95.2 Å². The standard InChI is InChI=1S/C14H20BFN4O2/c1-13(2)14(3,4)22-15(21-13)10-6-5-7-11(16)9(10)8-19-20-12(17)18/h5-8H,1-4H3,(H4,17,18,20). The zero-order valence-electron chi connectivity index (χ0n) is 13.1. The van der Waals surface area contributed by atoms with Crippen LogP contribution < -0.4 is 16.9 Å². The van der Waals surface area contributed by atoms with Gasteiger partial charge in [-0.1, -0.05) is 12.1 Å². The lowest BCUT2D eigenvalue weighted by molar-refractivity contribution is 0.00578. The fourth-order valence-corrected chi connectivity index (χ4v) is 2.02. The van der Waals surface area contributed by atoms with Crippen LogP contribution in [0.2, 0.25) is 0 Å². The van der Waals surface area contributed by atoms with Crippen LogP contribution in [0, 0.1) is 5.82 Å². The van der Waals surface area contributed by atoms with Crippen molar-refractivity contribution in [1.82, 2.24) is 0 Å². The van der Waals surface area contributed by atoms with Gasteiger partial charge < -0.3 is 20.8 Å². The first-order valence-corrected chi connectivity index (χ1v) is 6.90. The molecule has 0 saturated carbocycles. The van der Waals surface area contributed by atoms with E-state index in [9.17, 15) is 4.39 Å². The van der Waals surface area contributed by atoms with E-state index in [1.807, 2.05) is 27.7 Å². The zero-order valence-corrected chi connectivity index (χ0v) is 13.1. The number of nitrogens with zero attached hydrogens (tertiary/aromatic N) is 2. The Bertz CT molecular complexity index is 611. The minimum Gasteiger partial charge on any atom is -0.399 e. The number of halogens is 1. The fraction of sp³-hybridized carbons (Fsp3) is 0.429. The van der Waals surface area contributed by atoms with Crippen molar-refractivity contribution in [3.63, 3.8) is 0 Å². The van der Waals surface area contributed by atoms with Crippen molar-refractivity contribution in [2.45, 2.75) is 38.9 Å². The highest BCUT2D eigenvalue weighted by molar-refractivity contribution is 6.63. The quantitative estimate of drug-likeness (QED) is 0.372. The predicted octanol–water partition coefficient (Wildman–Crippen LogP) is 0.732. The maximum atomic E-state index is 14.1. The van der Waals surface area contributed by atoms with Crippen molar-refractivity contribution in [1.29, 1.82) is 0 Å². The summed E-state index contributed by atoms with van der Waals surface area (Å²) in [4.78, 5) is 0. The minimum atomic E-state index is -0.693. The van der Waals surface area contributed by atoms with E-state index in [2.05, 4.69) is 10.2 Å². The van der Waals surface area contributed by atoms with Crippen LogP contribution in [0.5, 0.6) is 0 Å². The van der Waals surface area contributed by atoms with E-state index in [0.29, 0.717) is 5.46 Å². The Morgan fingerprint density at radius 2 is 1.77 bits per heavy atom. The van der Waals surface area contributed by atoms with Crippen molar-refractivity contribution in [2.24, 2.45) is 21.7 Å². The van der Waals surface area contributed by atoms with E-state index in [0.717, 1.165) is 0 Å². The number of benzene rings is 1. The molecule has 0 atom stereocenters. The van der Waals surface area contributed by atoms with Gasteiger partial charge in [0.05, 0.1) is 17.4 Å². The molecule has 0 amide bonds. The van der Waals surface area contributed by atoms with E-state index in [4.69, 9.17) is 20.8 Å². The Morgan fingerprint density at radius 1 is 1.18 bits per heavy atom. The van der Waals surface area contributed by atoms with Crippen LogP contribution in [0.25, 0.3) is 0 Å². The van der Waals surface area contributed by atoms with Crippen molar-refractivity contribution in [3.05, 3.63) is 29.6 Å². The summed E-state index contributed by atoms with van der Waals surface area (Å²) in [6.45, 7) is 7.72. The van der Waals surface area contributed by atoms with Crippen molar-refractivity contribution < 1.29 is 13.7 Å². The van der Waals surface area contributed by atoms with Gasteiger partial charge in [-0.05, 0) is 39.2 Å². The van der Waals surface area contributed by atoms with Gasteiger partial charge in [-0.3, -0.25) is 0 Å². The van der Waals surface area contributed by atoms with Crippen LogP contribution in [0.4, 0.5) is 4.39 Å². The molecular formula is C14H20BFN4O2. The Morgan fingerprint density at radius 3 is 2.32 bits per heavy atom. The number of guanidine groups is 1. The normalized spacial score (nSPS) is 19.6. The van der Waals surface area contributed by atoms with E-state index in [1.165, 1.54) is 12.3 Å². The molecule has 1 saturated heterocycles. The lowest BCUT2D eigenvalue weighted by atomic mass is 9.76. The third-order valence-corrected chi connectivity index (χ3v) is 3.95. The van der Waals surface area contributed by atoms with Gasteiger partial charge in [0.1, 0.15) is 5.82 Å². The van der Waals surface area contributed by atoms with Crippen molar-refractivity contribution in [3.8, 4) is 0 Å². The Hall–Kier alpha value is -1.93. The molecule has 0 aromatic heterocycles. The third kappa shape index (κ3) is 3.12. The average molecular weight is 306 g/mol. The highest BCUT2D eigenvalue weighted by atomic mass is 19.1. The molecule has 1 fully saturated rings. The molecule has 8 heteroatoms. The van der Waals surface area contributed by atoms with Gasteiger partial charge in [0, 0.05) is 5.56 Å². The summed E-state index contributed by atoms with van der Waals surface area (Å²) >= 11 is 0. The molecule has 1 heterocycles. The van der Waals surface area contributed by atoms with Crippen LogP contribution >= 0.6 is 0 Å². The second-order valence-corrected chi connectivity index (χ2v) is 6.10. The molecule has 1 aromatic carbocycles. The van der Waals surface area contributed by atoms with Crippen LogP contribution in [0.3, 0.4) is 0 Å². The van der Waals surface area contributed by atoms with Crippen LogP contribution in [0.15, 0.2) is 28.4 Å². The second-order valence-electron chi connectivity index (χ2n) is 6.10. The van der Waals surface area contributed by atoms with Crippen molar-refractivity contribution in [2.75, 3.05) is 0 Å². The van der Waals surface area contributed by atoms with Gasteiger partial charge in [-0.15, -0.1) is 5.10 Å². The van der Waals surface area contributed by atoms with Gasteiger partial charge >= 0.3 is 7.12 Å². The van der Waals surface area contributed by atoms with Gasteiger partial charge in [0.15, 0.2) is 0 Å². The minimum absolute atomic E-state index is 0.204. The molecule has 0 radical (unpaired) electrons. The monoisotopic (exact) mass is 306 g/mol. The first-order valence-electron chi connectivity index (χ1n) is 6.90. The van der Waals surface area contributed by atoms with Gasteiger partial charge in [0.25, 0.3) is 0 Å². The average Bonchev–Trinajstić information content (AvgIpc) is 2.60. The molecular weight excluding hydrogens is 286 g/mol. The second kappa shape index (κ2) is 5.70. The van der Waals surface area contributed by atoms with E-state index in [-0.39, 0.29) is 11.5 Å². The summed E-state index contributed by atoms with van der Waals surface area (Å²) in [7, 11) is -0.693. The highest BCUT2D eigenvalue weighted by Crippen LogP contribution is 2.36. The first kappa shape index (κ1) is 16.4. The van der Waals surface area contributed by atoms with E-state index < -0.39 is 24.1 Å². The molecule has 1 aliphatic heterocycles. The summed E-state index contributed by atoms with van der Waals surface area (Å²) in [5.74, 6) is -0.661. The summed E-state index contributed by atoms with van der Waals surface area (Å²) in [5.41, 5.74) is 10.1. The molecule has 0 bridgehead atoms. The molecule has 2 rings (SSSR count). The summed E-state index contributed by atoms with van der Waals surface area (Å²) in [5, 5.41) is 7.15. The number of nitrogens with two attached hydrogens (primary N) is 2. The Kier molecular flexibility index (Phi) is 4.26. The molecule has 22 heavy (non-hydrogen) atoms. The molecule has 1 aliphatic rings. The molecule has 0 unspecified atom stereocenters. The molecule has 118 valence electrons. The van der Waals surface area contributed by atoms with E-state index in [1.54, 1.807) is 12.1 Å². The maximum Gasteiger partial charge on any atom is 0.495 e. The SMILES string of the molecule is CC1(C)OB(c2cccc(F)c2C=NN=C(N)N)OC1(C)C. The zero-order chi connectivity index (χ0) is 16.5. The number of hydrogen-bond donors (Lipinski definition) is 2. The molecule has 1 aromatic rings.